The van der Waals surface area contributed by atoms with E-state index in [1.807, 2.05) is 0 Å². The number of hydrogen-bond acceptors (Lipinski definition) is 9. The van der Waals surface area contributed by atoms with Gasteiger partial charge in [-0.15, -0.1) is 0 Å². The van der Waals surface area contributed by atoms with Crippen LogP contribution in [0.2, 0.25) is 0 Å². The fourth-order valence-corrected chi connectivity index (χ4v) is 7.24. The maximum atomic E-state index is 12.7. The molecule has 0 radical (unpaired) electrons. The first-order chi connectivity index (χ1) is 28.1. The van der Waals surface area contributed by atoms with Gasteiger partial charge in [0, 0.05) is 12.8 Å². The highest BCUT2D eigenvalue weighted by molar-refractivity contribution is 7.47. The highest BCUT2D eigenvalue weighted by Crippen LogP contribution is 2.43. The van der Waals surface area contributed by atoms with Gasteiger partial charge in [-0.1, -0.05) is 167 Å². The molecule has 58 heavy (non-hydrogen) atoms. The number of rotatable bonds is 44. The van der Waals surface area contributed by atoms with Crippen molar-refractivity contribution in [1.29, 1.82) is 0 Å². The van der Waals surface area contributed by atoms with Crippen molar-refractivity contribution < 1.29 is 47.5 Å². The van der Waals surface area contributed by atoms with Crippen LogP contribution in [0.5, 0.6) is 0 Å². The van der Waals surface area contributed by atoms with Gasteiger partial charge < -0.3 is 25.2 Å². The summed E-state index contributed by atoms with van der Waals surface area (Å²) < 4.78 is 32.7. The van der Waals surface area contributed by atoms with E-state index in [-0.39, 0.29) is 19.4 Å². The Morgan fingerprint density at radius 1 is 0.517 bits per heavy atom. The average Bonchev–Trinajstić information content (AvgIpc) is 3.20. The normalized spacial score (nSPS) is 13.9. The first-order valence-corrected chi connectivity index (χ1v) is 24.9. The van der Waals surface area contributed by atoms with Gasteiger partial charge in [0.25, 0.3) is 0 Å². The van der Waals surface area contributed by atoms with Crippen molar-refractivity contribution in [1.82, 2.24) is 0 Å². The van der Waals surface area contributed by atoms with Crippen LogP contribution < -0.4 is 5.73 Å². The third-order valence-corrected chi connectivity index (χ3v) is 11.1. The molecular formula is C46H86NO10P. The summed E-state index contributed by atoms with van der Waals surface area (Å²) >= 11 is 0. The fraction of sp³-hybridized carbons (Fsp3) is 0.848. The predicted octanol–water partition coefficient (Wildman–Crippen LogP) is 12.6. The summed E-state index contributed by atoms with van der Waals surface area (Å²) in [6, 6.07) is -1.52. The molecule has 1 unspecified atom stereocenters. The van der Waals surface area contributed by atoms with Crippen molar-refractivity contribution in [2.24, 2.45) is 5.73 Å². The highest BCUT2D eigenvalue weighted by Gasteiger charge is 2.28. The zero-order valence-corrected chi connectivity index (χ0v) is 37.8. The minimum atomic E-state index is -4.72. The largest absolute Gasteiger partial charge is 0.480 e. The molecular weight excluding hydrogens is 757 g/mol. The van der Waals surface area contributed by atoms with Crippen LogP contribution in [0.1, 0.15) is 219 Å². The summed E-state index contributed by atoms with van der Waals surface area (Å²) in [7, 11) is -4.72. The Kier molecular flexibility index (Phi) is 40.2. The van der Waals surface area contributed by atoms with Crippen LogP contribution in [0.4, 0.5) is 0 Å². The number of carbonyl (C=O) groups is 3. The zero-order chi connectivity index (χ0) is 42.8. The number of ether oxygens (including phenoxy) is 2. The van der Waals surface area contributed by atoms with Gasteiger partial charge >= 0.3 is 25.7 Å². The number of phosphoric ester groups is 1. The smallest absolute Gasteiger partial charge is 0.472 e. The van der Waals surface area contributed by atoms with Gasteiger partial charge in [-0.2, -0.15) is 0 Å². The van der Waals surface area contributed by atoms with Gasteiger partial charge in [-0.05, 0) is 64.2 Å². The minimum absolute atomic E-state index is 0.159. The quantitative estimate of drug-likeness (QED) is 0.0231. The number of carboxylic acid groups (broad SMARTS) is 1. The first-order valence-electron chi connectivity index (χ1n) is 23.4. The second-order valence-electron chi connectivity index (χ2n) is 15.9. The SMILES string of the molecule is CCCCCCCC/C=C/CCCCCCCCCCCC(=O)O[C@H](COC(=O)CCCCCCC/C=C/CCCCCCCC)COP(=O)(O)OC[C@H](N)C(=O)O. The molecule has 0 amide bonds. The van der Waals surface area contributed by atoms with E-state index in [2.05, 4.69) is 42.7 Å². The van der Waals surface area contributed by atoms with Crippen LogP contribution in [0, 0.1) is 0 Å². The van der Waals surface area contributed by atoms with E-state index in [4.69, 9.17) is 24.8 Å². The molecule has 11 nitrogen and oxygen atoms in total. The second kappa shape index (κ2) is 41.7. The number of aliphatic carboxylic acids is 1. The Morgan fingerprint density at radius 3 is 1.26 bits per heavy atom. The van der Waals surface area contributed by atoms with Crippen molar-refractivity contribution in [3.05, 3.63) is 24.3 Å². The topological polar surface area (TPSA) is 172 Å². The Bertz CT molecular complexity index is 1080. The van der Waals surface area contributed by atoms with Gasteiger partial charge in [0.1, 0.15) is 12.6 Å². The maximum Gasteiger partial charge on any atom is 0.472 e. The molecule has 3 atom stereocenters. The molecule has 0 saturated carbocycles. The molecule has 0 rings (SSSR count). The van der Waals surface area contributed by atoms with Gasteiger partial charge in [0.05, 0.1) is 13.2 Å². The molecule has 0 spiro atoms. The Labute approximate surface area is 353 Å². The summed E-state index contributed by atoms with van der Waals surface area (Å²) in [4.78, 5) is 46.0. The Balaban J connectivity index is 4.31. The summed E-state index contributed by atoms with van der Waals surface area (Å²) in [6.07, 6.45) is 43.8. The molecule has 0 aliphatic rings. The lowest BCUT2D eigenvalue weighted by Crippen LogP contribution is -2.34. The third kappa shape index (κ3) is 40.7. The minimum Gasteiger partial charge on any atom is -0.480 e. The van der Waals surface area contributed by atoms with Gasteiger partial charge in [0.15, 0.2) is 6.10 Å². The molecule has 0 aliphatic heterocycles. The number of hydrogen-bond donors (Lipinski definition) is 3. The molecule has 0 fully saturated rings. The van der Waals surface area contributed by atoms with Crippen molar-refractivity contribution in [3.63, 3.8) is 0 Å². The molecule has 4 N–H and O–H groups in total. The number of esters is 2. The summed E-state index contributed by atoms with van der Waals surface area (Å²) in [5.74, 6) is -2.38. The molecule has 12 heteroatoms. The van der Waals surface area contributed by atoms with Gasteiger partial charge in [-0.3, -0.25) is 23.4 Å². The van der Waals surface area contributed by atoms with E-state index in [9.17, 15) is 23.8 Å². The van der Waals surface area contributed by atoms with Crippen molar-refractivity contribution in [3.8, 4) is 0 Å². The van der Waals surface area contributed by atoms with E-state index < -0.39 is 51.1 Å². The van der Waals surface area contributed by atoms with Crippen LogP contribution in [-0.4, -0.2) is 59.9 Å². The molecule has 0 saturated heterocycles. The summed E-state index contributed by atoms with van der Waals surface area (Å²) in [5.41, 5.74) is 5.34. The van der Waals surface area contributed by atoms with Gasteiger partial charge in [-0.25, -0.2) is 4.57 Å². The molecule has 0 bridgehead atoms. The second-order valence-corrected chi connectivity index (χ2v) is 17.3. The van der Waals surface area contributed by atoms with Crippen molar-refractivity contribution in [2.45, 2.75) is 231 Å². The van der Waals surface area contributed by atoms with Crippen LogP contribution in [0.3, 0.4) is 0 Å². The summed E-state index contributed by atoms with van der Waals surface area (Å²) in [5, 5.41) is 8.90. The highest BCUT2D eigenvalue weighted by atomic mass is 31.2. The molecule has 0 aliphatic carbocycles. The lowest BCUT2D eigenvalue weighted by atomic mass is 10.1. The van der Waals surface area contributed by atoms with Crippen molar-refractivity contribution in [2.75, 3.05) is 19.8 Å². The maximum absolute atomic E-state index is 12.7. The van der Waals surface area contributed by atoms with Crippen LogP contribution >= 0.6 is 7.82 Å². The first kappa shape index (κ1) is 56.0. The number of allylic oxidation sites excluding steroid dienone is 4. The monoisotopic (exact) mass is 844 g/mol. The molecule has 0 heterocycles. The van der Waals surface area contributed by atoms with Gasteiger partial charge in [0.2, 0.25) is 0 Å². The summed E-state index contributed by atoms with van der Waals surface area (Å²) in [6.45, 7) is 2.81. The average molecular weight is 844 g/mol. The Hall–Kier alpha value is -2.04. The Morgan fingerprint density at radius 2 is 0.862 bits per heavy atom. The lowest BCUT2D eigenvalue weighted by molar-refractivity contribution is -0.161. The number of unbranched alkanes of at least 4 members (excludes halogenated alkanes) is 26. The lowest BCUT2D eigenvalue weighted by Gasteiger charge is -2.20. The number of carboxylic acids is 1. The zero-order valence-electron chi connectivity index (χ0n) is 36.9. The standard InChI is InChI=1S/C46H86NO10P/c1-3-5-7-9-11-13-15-17-19-20-21-22-24-26-28-30-32-34-36-38-45(49)57-42(40-55-58(52,53)56-41-43(47)46(50)51)39-54-44(48)37-35-33-31-29-27-25-23-18-16-14-12-10-8-6-4-2/h17-19,23,42-43H,3-16,20-22,24-41,47H2,1-2H3,(H,50,51)(H,52,53)/b19-17+,23-18+/t42-,43+/m1/s1. The van der Waals surface area contributed by atoms with E-state index in [0.717, 1.165) is 57.8 Å². The molecule has 0 aromatic rings. The van der Waals surface area contributed by atoms with Crippen LogP contribution in [0.25, 0.3) is 0 Å². The molecule has 340 valence electrons. The number of phosphoric acid groups is 1. The number of carbonyl (C=O) groups excluding carboxylic acids is 2. The van der Waals surface area contributed by atoms with Crippen molar-refractivity contribution >= 4 is 25.7 Å². The van der Waals surface area contributed by atoms with E-state index in [0.29, 0.717) is 12.8 Å². The fourth-order valence-electron chi connectivity index (χ4n) is 6.47. The molecule has 0 aromatic heterocycles. The van der Waals surface area contributed by atoms with E-state index in [1.165, 1.54) is 122 Å². The number of nitrogens with two attached hydrogens (primary N) is 1. The predicted molar refractivity (Wildman–Crippen MR) is 236 cm³/mol. The van der Waals surface area contributed by atoms with Crippen LogP contribution in [0.15, 0.2) is 24.3 Å². The molecule has 0 aromatic carbocycles. The van der Waals surface area contributed by atoms with Crippen LogP contribution in [-0.2, 0) is 37.5 Å². The van der Waals surface area contributed by atoms with E-state index in [1.54, 1.807) is 0 Å². The third-order valence-electron chi connectivity index (χ3n) is 10.2. The van der Waals surface area contributed by atoms with E-state index >= 15 is 0 Å².